The predicted octanol–water partition coefficient (Wildman–Crippen LogP) is 3.43. The Hall–Kier alpha value is -1.11. The van der Waals surface area contributed by atoms with E-state index in [-0.39, 0.29) is 11.2 Å². The molecule has 1 rings (SSSR count). The molecular formula is C13H18O. The zero-order valence-corrected chi connectivity index (χ0v) is 9.42. The molecule has 76 valence electrons. The summed E-state index contributed by atoms with van der Waals surface area (Å²) >= 11 is 0. The van der Waals surface area contributed by atoms with Crippen LogP contribution in [0.25, 0.3) is 0 Å². The third-order valence-corrected chi connectivity index (χ3v) is 2.60. The average Bonchev–Trinajstić information content (AvgIpc) is 2.00. The van der Waals surface area contributed by atoms with E-state index in [4.69, 9.17) is 0 Å². The van der Waals surface area contributed by atoms with E-state index in [2.05, 4.69) is 19.9 Å². The molecule has 0 radical (unpaired) electrons. The Labute approximate surface area is 86.2 Å². The van der Waals surface area contributed by atoms with Gasteiger partial charge in [-0.25, -0.2) is 0 Å². The first-order valence-corrected chi connectivity index (χ1v) is 5.02. The molecule has 1 nitrogen and oxygen atoms in total. The number of hydrogen-bond acceptors (Lipinski definition) is 1. The summed E-state index contributed by atoms with van der Waals surface area (Å²) in [5, 5.41) is 0. The van der Waals surface area contributed by atoms with E-state index in [1.54, 1.807) is 6.08 Å². The minimum absolute atomic E-state index is 0.0184. The quantitative estimate of drug-likeness (QED) is 0.619. The number of allylic oxidation sites excluding steroid dienone is 6. The SMILES string of the molecule is C/C=C/C=C1/C(C)=CC(=O)CC1(C)C. The van der Waals surface area contributed by atoms with Gasteiger partial charge in [0.2, 0.25) is 0 Å². The Bertz CT molecular complexity index is 327. The standard InChI is InChI=1S/C13H18O/c1-5-6-7-12-10(2)8-11(14)9-13(12,3)4/h5-8H,9H2,1-4H3/b6-5+,12-7-. The molecule has 0 spiro atoms. The van der Waals surface area contributed by atoms with Crippen LogP contribution in [0.1, 0.15) is 34.1 Å². The minimum Gasteiger partial charge on any atom is -0.295 e. The van der Waals surface area contributed by atoms with Gasteiger partial charge in [-0.15, -0.1) is 0 Å². The summed E-state index contributed by atoms with van der Waals surface area (Å²) in [5.41, 5.74) is 2.36. The van der Waals surface area contributed by atoms with E-state index >= 15 is 0 Å². The van der Waals surface area contributed by atoms with Crippen molar-refractivity contribution in [3.8, 4) is 0 Å². The Balaban J connectivity index is 3.13. The summed E-state index contributed by atoms with van der Waals surface area (Å²) in [6.07, 6.45) is 8.52. The van der Waals surface area contributed by atoms with Gasteiger partial charge in [-0.05, 0) is 36.5 Å². The Morgan fingerprint density at radius 1 is 1.43 bits per heavy atom. The molecule has 0 aromatic rings. The van der Waals surface area contributed by atoms with Crippen LogP contribution in [-0.4, -0.2) is 5.78 Å². The highest BCUT2D eigenvalue weighted by atomic mass is 16.1. The van der Waals surface area contributed by atoms with Gasteiger partial charge in [0.15, 0.2) is 5.78 Å². The smallest absolute Gasteiger partial charge is 0.156 e. The summed E-state index contributed by atoms with van der Waals surface area (Å²) in [5.74, 6) is 0.241. The number of hydrogen-bond donors (Lipinski definition) is 0. The molecule has 0 atom stereocenters. The first kappa shape index (κ1) is 11.0. The number of rotatable bonds is 1. The van der Waals surface area contributed by atoms with Crippen LogP contribution in [-0.2, 0) is 4.79 Å². The highest BCUT2D eigenvalue weighted by Crippen LogP contribution is 2.38. The van der Waals surface area contributed by atoms with Gasteiger partial charge in [-0.1, -0.05) is 32.1 Å². The van der Waals surface area contributed by atoms with Crippen LogP contribution >= 0.6 is 0 Å². The van der Waals surface area contributed by atoms with Crippen LogP contribution in [0.15, 0.2) is 35.5 Å². The van der Waals surface area contributed by atoms with Crippen molar-refractivity contribution in [2.24, 2.45) is 5.41 Å². The van der Waals surface area contributed by atoms with Crippen LogP contribution in [0.5, 0.6) is 0 Å². The molecule has 0 N–H and O–H groups in total. The summed E-state index contributed by atoms with van der Waals surface area (Å²) in [6, 6.07) is 0. The molecule has 0 aromatic heterocycles. The lowest BCUT2D eigenvalue weighted by Gasteiger charge is -2.31. The first-order chi connectivity index (χ1) is 6.47. The van der Waals surface area contributed by atoms with Crippen molar-refractivity contribution in [3.63, 3.8) is 0 Å². The highest BCUT2D eigenvalue weighted by Gasteiger charge is 2.30. The molecule has 0 unspecified atom stereocenters. The van der Waals surface area contributed by atoms with Crippen molar-refractivity contribution in [1.82, 2.24) is 0 Å². The van der Waals surface area contributed by atoms with Crippen molar-refractivity contribution < 1.29 is 4.79 Å². The monoisotopic (exact) mass is 190 g/mol. The Morgan fingerprint density at radius 3 is 2.57 bits per heavy atom. The Morgan fingerprint density at radius 2 is 2.07 bits per heavy atom. The summed E-state index contributed by atoms with van der Waals surface area (Å²) in [6.45, 7) is 8.25. The molecule has 0 aliphatic heterocycles. The van der Waals surface area contributed by atoms with Crippen LogP contribution in [0.3, 0.4) is 0 Å². The molecular weight excluding hydrogens is 172 g/mol. The van der Waals surface area contributed by atoms with Gasteiger partial charge < -0.3 is 0 Å². The maximum absolute atomic E-state index is 11.4. The minimum atomic E-state index is -0.0184. The van der Waals surface area contributed by atoms with Crippen LogP contribution < -0.4 is 0 Å². The lowest BCUT2D eigenvalue weighted by Crippen LogP contribution is -2.24. The van der Waals surface area contributed by atoms with E-state index in [0.29, 0.717) is 6.42 Å². The maximum Gasteiger partial charge on any atom is 0.156 e. The summed E-state index contributed by atoms with van der Waals surface area (Å²) in [4.78, 5) is 11.4. The van der Waals surface area contributed by atoms with Crippen molar-refractivity contribution in [1.29, 1.82) is 0 Å². The third-order valence-electron chi connectivity index (χ3n) is 2.60. The molecule has 0 saturated carbocycles. The summed E-state index contributed by atoms with van der Waals surface area (Å²) < 4.78 is 0. The molecule has 0 amide bonds. The van der Waals surface area contributed by atoms with Gasteiger partial charge in [0.25, 0.3) is 0 Å². The molecule has 1 heteroatoms. The van der Waals surface area contributed by atoms with Crippen LogP contribution in [0.2, 0.25) is 0 Å². The van der Waals surface area contributed by atoms with Gasteiger partial charge in [0.1, 0.15) is 0 Å². The van der Waals surface area contributed by atoms with Crippen molar-refractivity contribution in [3.05, 3.63) is 35.5 Å². The number of ketones is 1. The highest BCUT2D eigenvalue weighted by molar-refractivity contribution is 5.93. The van der Waals surface area contributed by atoms with Gasteiger partial charge in [0.05, 0.1) is 0 Å². The molecule has 0 heterocycles. The van der Waals surface area contributed by atoms with Crippen LogP contribution in [0.4, 0.5) is 0 Å². The van der Waals surface area contributed by atoms with E-state index in [1.807, 2.05) is 26.0 Å². The van der Waals surface area contributed by atoms with E-state index in [9.17, 15) is 4.79 Å². The normalized spacial score (nSPS) is 24.4. The fourth-order valence-corrected chi connectivity index (χ4v) is 1.98. The molecule has 0 bridgehead atoms. The first-order valence-electron chi connectivity index (χ1n) is 5.02. The summed E-state index contributed by atoms with van der Waals surface area (Å²) in [7, 11) is 0. The van der Waals surface area contributed by atoms with Crippen molar-refractivity contribution in [2.45, 2.75) is 34.1 Å². The molecule has 1 aliphatic rings. The van der Waals surface area contributed by atoms with E-state index < -0.39 is 0 Å². The van der Waals surface area contributed by atoms with Gasteiger partial charge >= 0.3 is 0 Å². The number of carbonyl (C=O) groups excluding carboxylic acids is 1. The zero-order chi connectivity index (χ0) is 10.8. The molecule has 0 saturated heterocycles. The molecule has 0 aromatic carbocycles. The van der Waals surface area contributed by atoms with Gasteiger partial charge in [-0.3, -0.25) is 4.79 Å². The maximum atomic E-state index is 11.4. The fourth-order valence-electron chi connectivity index (χ4n) is 1.98. The Kier molecular flexibility index (Phi) is 3.10. The predicted molar refractivity (Wildman–Crippen MR) is 60.1 cm³/mol. The second-order valence-corrected chi connectivity index (χ2v) is 4.46. The molecule has 14 heavy (non-hydrogen) atoms. The van der Waals surface area contributed by atoms with E-state index in [0.717, 1.165) is 5.57 Å². The fraction of sp³-hybridized carbons (Fsp3) is 0.462. The average molecular weight is 190 g/mol. The third kappa shape index (κ3) is 2.22. The topological polar surface area (TPSA) is 17.1 Å². The molecule has 1 aliphatic carbocycles. The zero-order valence-electron chi connectivity index (χ0n) is 9.42. The largest absolute Gasteiger partial charge is 0.295 e. The number of carbonyl (C=O) groups is 1. The lowest BCUT2D eigenvalue weighted by molar-refractivity contribution is -0.116. The van der Waals surface area contributed by atoms with Crippen LogP contribution in [0, 0.1) is 5.41 Å². The van der Waals surface area contributed by atoms with Crippen molar-refractivity contribution in [2.75, 3.05) is 0 Å². The second kappa shape index (κ2) is 3.95. The second-order valence-electron chi connectivity index (χ2n) is 4.46. The van der Waals surface area contributed by atoms with E-state index in [1.165, 1.54) is 5.57 Å². The van der Waals surface area contributed by atoms with Crippen molar-refractivity contribution >= 4 is 5.78 Å². The molecule has 0 fully saturated rings. The van der Waals surface area contributed by atoms with Gasteiger partial charge in [-0.2, -0.15) is 0 Å². The van der Waals surface area contributed by atoms with Gasteiger partial charge in [0, 0.05) is 6.42 Å². The lowest BCUT2D eigenvalue weighted by atomic mass is 9.72.